The molecule has 0 bridgehead atoms. The summed E-state index contributed by atoms with van der Waals surface area (Å²) in [4.78, 5) is 14.4. The van der Waals surface area contributed by atoms with Crippen LogP contribution in [0.15, 0.2) is 41.1 Å². The molecule has 0 aliphatic heterocycles. The first-order chi connectivity index (χ1) is 18.1. The van der Waals surface area contributed by atoms with Gasteiger partial charge in [-0.3, -0.25) is 0 Å². The van der Waals surface area contributed by atoms with Gasteiger partial charge in [-0.2, -0.15) is 5.10 Å². The van der Waals surface area contributed by atoms with Gasteiger partial charge in [0, 0.05) is 24.2 Å². The number of hydrogen-bond acceptors (Lipinski definition) is 7. The van der Waals surface area contributed by atoms with E-state index in [1.165, 1.54) is 0 Å². The summed E-state index contributed by atoms with van der Waals surface area (Å²) in [7, 11) is 1.85. The Labute approximate surface area is 239 Å². The first kappa shape index (κ1) is 27.1. The third kappa shape index (κ3) is 5.35. The molecule has 3 aromatic heterocycles. The third-order valence-corrected chi connectivity index (χ3v) is 7.96. The van der Waals surface area contributed by atoms with E-state index in [0.29, 0.717) is 39.7 Å². The molecule has 7 nitrogen and oxygen atoms in total. The number of ether oxygens (including phenoxy) is 2. The van der Waals surface area contributed by atoms with Crippen LogP contribution < -0.4 is 0 Å². The second kappa shape index (κ2) is 10.6. The number of aromatic nitrogens is 5. The Morgan fingerprint density at radius 1 is 1.16 bits per heavy atom. The van der Waals surface area contributed by atoms with Gasteiger partial charge in [-0.1, -0.05) is 23.7 Å². The van der Waals surface area contributed by atoms with Crippen molar-refractivity contribution in [2.45, 2.75) is 46.3 Å². The summed E-state index contributed by atoms with van der Waals surface area (Å²) in [6, 6.07) is 10.1. The smallest absolute Gasteiger partial charge is 0.177 e. The van der Waals surface area contributed by atoms with E-state index in [1.807, 2.05) is 38.2 Å². The molecule has 0 radical (unpaired) electrons. The Balaban J connectivity index is 1.75. The fraction of sp³-hybridized carbons (Fsp3) is 0.357. The highest BCUT2D eigenvalue weighted by molar-refractivity contribution is 9.10. The van der Waals surface area contributed by atoms with Crippen LogP contribution in [0.2, 0.25) is 5.02 Å². The van der Waals surface area contributed by atoms with Crippen LogP contribution in [-0.4, -0.2) is 43.5 Å². The Morgan fingerprint density at radius 2 is 1.89 bits per heavy atom. The highest BCUT2D eigenvalue weighted by Crippen LogP contribution is 2.44. The van der Waals surface area contributed by atoms with Crippen molar-refractivity contribution in [3.05, 3.63) is 57.3 Å². The highest BCUT2D eigenvalue weighted by atomic mass is 79.9. The van der Waals surface area contributed by atoms with Crippen LogP contribution in [-0.2, 0) is 16.5 Å². The van der Waals surface area contributed by atoms with Crippen LogP contribution in [0, 0.1) is 6.92 Å². The molecule has 38 heavy (non-hydrogen) atoms. The molecule has 10 heteroatoms. The zero-order valence-electron chi connectivity index (χ0n) is 22.2. The molecular formula is C28H29BrClN5O2S. The molecule has 0 N–H and O–H groups in total. The fourth-order valence-electron chi connectivity index (χ4n) is 4.55. The molecule has 198 valence electrons. The van der Waals surface area contributed by atoms with E-state index >= 15 is 0 Å². The first-order valence-corrected chi connectivity index (χ1v) is 14.4. The zero-order valence-corrected chi connectivity index (χ0v) is 25.3. The maximum Gasteiger partial charge on any atom is 0.177 e. The lowest BCUT2D eigenvalue weighted by molar-refractivity contribution is -0.0936. The standard InChI is InChI=1S/C28H29BrClN5O2S/c1-7-36-14-20(37-28(3,4)5)21-15(2)12-18-24(22(21)16-8-10-17(30)11-9-16)38-27(33-18)19-13-31-26-23(32-19)25(29)34-35(26)6/h8-13,20H,7,14H2,1-6H3/t20-/m1/s1. The fourth-order valence-corrected chi connectivity index (χ4v) is 6.26. The monoisotopic (exact) mass is 613 g/mol. The molecule has 1 atom stereocenters. The van der Waals surface area contributed by atoms with E-state index in [0.717, 1.165) is 37.5 Å². The maximum atomic E-state index is 6.59. The number of benzene rings is 2. The van der Waals surface area contributed by atoms with E-state index in [1.54, 1.807) is 22.2 Å². The van der Waals surface area contributed by atoms with Crippen molar-refractivity contribution >= 4 is 60.2 Å². The minimum absolute atomic E-state index is 0.266. The molecule has 0 aliphatic carbocycles. The molecule has 3 heterocycles. The predicted molar refractivity (Wildman–Crippen MR) is 158 cm³/mol. The number of hydrogen-bond donors (Lipinski definition) is 0. The number of thiazole rings is 1. The summed E-state index contributed by atoms with van der Waals surface area (Å²) in [5, 5.41) is 5.85. The van der Waals surface area contributed by atoms with Gasteiger partial charge in [0.05, 0.1) is 28.6 Å². The summed E-state index contributed by atoms with van der Waals surface area (Å²) >= 11 is 11.4. The minimum atomic E-state index is -0.360. The predicted octanol–water partition coefficient (Wildman–Crippen LogP) is 7.92. The molecular weight excluding hydrogens is 586 g/mol. The number of aryl methyl sites for hydroxylation is 2. The SMILES string of the molecule is CCOC[C@@H](OC(C)(C)C)c1c(C)cc2nc(-c3cnc4c(n3)c(Br)nn4C)sc2c1-c1ccc(Cl)cc1. The van der Waals surface area contributed by atoms with Crippen LogP contribution in [0.4, 0.5) is 0 Å². The Morgan fingerprint density at radius 3 is 2.58 bits per heavy atom. The molecule has 0 fully saturated rings. The third-order valence-electron chi connectivity index (χ3n) is 6.06. The van der Waals surface area contributed by atoms with Gasteiger partial charge in [0.15, 0.2) is 10.3 Å². The highest BCUT2D eigenvalue weighted by Gasteiger charge is 2.28. The van der Waals surface area contributed by atoms with Gasteiger partial charge >= 0.3 is 0 Å². The van der Waals surface area contributed by atoms with Gasteiger partial charge in [0.25, 0.3) is 0 Å². The molecule has 0 saturated carbocycles. The maximum absolute atomic E-state index is 6.59. The molecule has 0 amide bonds. The number of nitrogens with zero attached hydrogens (tertiary/aromatic N) is 5. The van der Waals surface area contributed by atoms with Gasteiger partial charge in [0.2, 0.25) is 0 Å². The molecule has 5 aromatic rings. The molecule has 5 rings (SSSR count). The van der Waals surface area contributed by atoms with Gasteiger partial charge in [-0.15, -0.1) is 11.3 Å². The van der Waals surface area contributed by atoms with E-state index in [2.05, 4.69) is 59.8 Å². The van der Waals surface area contributed by atoms with Gasteiger partial charge in [-0.25, -0.2) is 19.6 Å². The van der Waals surface area contributed by atoms with E-state index in [-0.39, 0.29) is 11.7 Å². The normalized spacial score (nSPS) is 13.1. The quantitative estimate of drug-likeness (QED) is 0.185. The van der Waals surface area contributed by atoms with Crippen molar-refractivity contribution in [2.24, 2.45) is 7.05 Å². The summed E-state index contributed by atoms with van der Waals surface area (Å²) < 4.78 is 15.9. The molecule has 0 saturated heterocycles. The van der Waals surface area contributed by atoms with Gasteiger partial charge < -0.3 is 9.47 Å². The lowest BCUT2D eigenvalue weighted by Gasteiger charge is -2.30. The van der Waals surface area contributed by atoms with Crippen molar-refractivity contribution in [2.75, 3.05) is 13.2 Å². The number of halogens is 2. The lowest BCUT2D eigenvalue weighted by Crippen LogP contribution is -2.26. The second-order valence-electron chi connectivity index (χ2n) is 10.1. The summed E-state index contributed by atoms with van der Waals surface area (Å²) in [5.74, 6) is 0. The van der Waals surface area contributed by atoms with Crippen molar-refractivity contribution in [3.8, 4) is 21.8 Å². The van der Waals surface area contributed by atoms with Crippen LogP contribution in [0.1, 0.15) is 44.9 Å². The minimum Gasteiger partial charge on any atom is -0.379 e. The van der Waals surface area contributed by atoms with E-state index in [9.17, 15) is 0 Å². The Bertz CT molecular complexity index is 1630. The molecule has 0 aliphatic rings. The van der Waals surface area contributed by atoms with E-state index in [4.69, 9.17) is 31.0 Å². The Hall–Kier alpha value is -2.43. The van der Waals surface area contributed by atoms with Crippen LogP contribution >= 0.6 is 38.9 Å². The average molecular weight is 615 g/mol. The van der Waals surface area contributed by atoms with Crippen molar-refractivity contribution in [1.82, 2.24) is 24.7 Å². The average Bonchev–Trinajstić information content (AvgIpc) is 3.41. The molecule has 2 aromatic carbocycles. The topological polar surface area (TPSA) is 75.0 Å². The van der Waals surface area contributed by atoms with Gasteiger partial charge in [-0.05, 0) is 85.4 Å². The summed E-state index contributed by atoms with van der Waals surface area (Å²) in [6.45, 7) is 11.4. The zero-order chi connectivity index (χ0) is 27.2. The van der Waals surface area contributed by atoms with Gasteiger partial charge in [0.1, 0.15) is 22.3 Å². The number of fused-ring (bicyclic) bond motifs is 2. The Kier molecular flexibility index (Phi) is 7.59. The largest absolute Gasteiger partial charge is 0.379 e. The van der Waals surface area contributed by atoms with E-state index < -0.39 is 0 Å². The second-order valence-corrected chi connectivity index (χ2v) is 12.3. The van der Waals surface area contributed by atoms with Crippen LogP contribution in [0.3, 0.4) is 0 Å². The van der Waals surface area contributed by atoms with Crippen molar-refractivity contribution < 1.29 is 9.47 Å². The first-order valence-electron chi connectivity index (χ1n) is 12.4. The summed E-state index contributed by atoms with van der Waals surface area (Å²) in [5.41, 5.74) is 6.95. The van der Waals surface area contributed by atoms with Crippen LogP contribution in [0.5, 0.6) is 0 Å². The number of rotatable bonds is 7. The lowest BCUT2D eigenvalue weighted by atomic mass is 9.91. The summed E-state index contributed by atoms with van der Waals surface area (Å²) in [6.07, 6.45) is 1.49. The van der Waals surface area contributed by atoms with Crippen LogP contribution in [0.25, 0.3) is 43.2 Å². The van der Waals surface area contributed by atoms with Crippen molar-refractivity contribution in [3.63, 3.8) is 0 Å². The van der Waals surface area contributed by atoms with Crippen molar-refractivity contribution in [1.29, 1.82) is 0 Å². The molecule has 0 spiro atoms. The molecule has 0 unspecified atom stereocenters.